The number of likely N-dealkylation sites (tertiary alicyclic amines) is 2. The normalized spacial score (nSPS) is 25.5. The van der Waals surface area contributed by atoms with E-state index in [1.54, 1.807) is 0 Å². The third-order valence-electron chi connectivity index (χ3n) is 4.49. The summed E-state index contributed by atoms with van der Waals surface area (Å²) in [5.41, 5.74) is 0. The molecule has 110 valence electrons. The molecule has 1 unspecified atom stereocenters. The van der Waals surface area contributed by atoms with Gasteiger partial charge in [-0.15, -0.1) is 0 Å². The van der Waals surface area contributed by atoms with Crippen molar-refractivity contribution in [3.8, 4) is 0 Å². The van der Waals surface area contributed by atoms with Crippen LogP contribution < -0.4 is 5.32 Å². The van der Waals surface area contributed by atoms with Crippen LogP contribution in [-0.2, 0) is 4.79 Å². The summed E-state index contributed by atoms with van der Waals surface area (Å²) >= 11 is 0. The van der Waals surface area contributed by atoms with E-state index in [0.717, 1.165) is 32.1 Å². The van der Waals surface area contributed by atoms with E-state index in [4.69, 9.17) is 0 Å². The first-order valence-corrected chi connectivity index (χ1v) is 8.00. The topological polar surface area (TPSA) is 35.6 Å². The molecule has 0 saturated carbocycles. The van der Waals surface area contributed by atoms with Crippen LogP contribution in [0.3, 0.4) is 0 Å². The van der Waals surface area contributed by atoms with E-state index in [2.05, 4.69) is 17.1 Å². The zero-order valence-electron chi connectivity index (χ0n) is 12.4. The lowest BCUT2D eigenvalue weighted by atomic mass is 10.1. The number of amides is 1. The Morgan fingerprint density at radius 2 is 1.89 bits per heavy atom. The van der Waals surface area contributed by atoms with Gasteiger partial charge in [-0.2, -0.15) is 0 Å². The molecule has 1 amide bonds. The molecule has 0 aliphatic carbocycles. The minimum Gasteiger partial charge on any atom is -0.342 e. The van der Waals surface area contributed by atoms with Crippen LogP contribution in [0.2, 0.25) is 0 Å². The van der Waals surface area contributed by atoms with Crippen molar-refractivity contribution in [2.24, 2.45) is 5.92 Å². The van der Waals surface area contributed by atoms with Gasteiger partial charge >= 0.3 is 0 Å². The smallest absolute Gasteiger partial charge is 0.236 e. The van der Waals surface area contributed by atoms with Crippen LogP contribution in [0.4, 0.5) is 0 Å². The molecule has 4 nitrogen and oxygen atoms in total. The fourth-order valence-corrected chi connectivity index (χ4v) is 3.18. The standard InChI is InChI=1S/C15H29N3O/c1-2-17-10-7-14(13-17)11-16-12-15(19)18-8-5-3-4-6-9-18/h14,16H,2-13H2,1H3. The lowest BCUT2D eigenvalue weighted by molar-refractivity contribution is -0.130. The van der Waals surface area contributed by atoms with Gasteiger partial charge in [0.25, 0.3) is 0 Å². The Morgan fingerprint density at radius 3 is 2.53 bits per heavy atom. The van der Waals surface area contributed by atoms with E-state index in [0.29, 0.717) is 12.5 Å². The zero-order valence-corrected chi connectivity index (χ0v) is 12.4. The van der Waals surface area contributed by atoms with Crippen LogP contribution in [0.25, 0.3) is 0 Å². The van der Waals surface area contributed by atoms with Crippen molar-refractivity contribution in [2.45, 2.75) is 39.0 Å². The SMILES string of the molecule is CCN1CCC(CNCC(=O)N2CCCCCC2)C1. The Labute approximate surface area is 117 Å². The lowest BCUT2D eigenvalue weighted by Crippen LogP contribution is -2.40. The predicted octanol–water partition coefficient (Wildman–Crippen LogP) is 1.32. The summed E-state index contributed by atoms with van der Waals surface area (Å²) in [6, 6.07) is 0. The monoisotopic (exact) mass is 267 g/mol. The van der Waals surface area contributed by atoms with E-state index in [-0.39, 0.29) is 0 Å². The van der Waals surface area contributed by atoms with Gasteiger partial charge < -0.3 is 15.1 Å². The van der Waals surface area contributed by atoms with E-state index in [1.165, 1.54) is 45.2 Å². The molecule has 2 fully saturated rings. The van der Waals surface area contributed by atoms with Gasteiger partial charge in [0.2, 0.25) is 5.91 Å². The molecule has 0 radical (unpaired) electrons. The second-order valence-electron chi connectivity index (χ2n) is 5.97. The number of rotatable bonds is 5. The van der Waals surface area contributed by atoms with E-state index in [9.17, 15) is 4.79 Å². The summed E-state index contributed by atoms with van der Waals surface area (Å²) in [4.78, 5) is 16.6. The van der Waals surface area contributed by atoms with Crippen molar-refractivity contribution in [1.29, 1.82) is 0 Å². The van der Waals surface area contributed by atoms with Gasteiger partial charge in [-0.05, 0) is 44.8 Å². The van der Waals surface area contributed by atoms with Crippen LogP contribution in [0.1, 0.15) is 39.0 Å². The maximum Gasteiger partial charge on any atom is 0.236 e. The zero-order chi connectivity index (χ0) is 13.5. The fourth-order valence-electron chi connectivity index (χ4n) is 3.18. The molecule has 4 heteroatoms. The van der Waals surface area contributed by atoms with Gasteiger partial charge in [-0.25, -0.2) is 0 Å². The van der Waals surface area contributed by atoms with Crippen molar-refractivity contribution in [1.82, 2.24) is 15.1 Å². The molecule has 0 aromatic heterocycles. The number of nitrogens with zero attached hydrogens (tertiary/aromatic N) is 2. The Bertz CT molecular complexity index is 275. The minimum atomic E-state index is 0.298. The summed E-state index contributed by atoms with van der Waals surface area (Å²) in [6.45, 7) is 9.26. The first-order valence-electron chi connectivity index (χ1n) is 8.00. The van der Waals surface area contributed by atoms with Crippen LogP contribution in [-0.4, -0.2) is 61.5 Å². The maximum atomic E-state index is 12.1. The number of hydrogen-bond donors (Lipinski definition) is 1. The first kappa shape index (κ1) is 14.8. The third-order valence-corrected chi connectivity index (χ3v) is 4.49. The van der Waals surface area contributed by atoms with Crippen LogP contribution in [0, 0.1) is 5.92 Å². The van der Waals surface area contributed by atoms with E-state index < -0.39 is 0 Å². The van der Waals surface area contributed by atoms with Crippen LogP contribution in [0.15, 0.2) is 0 Å². The van der Waals surface area contributed by atoms with Gasteiger partial charge in [-0.3, -0.25) is 4.79 Å². The molecular formula is C15H29N3O. The summed E-state index contributed by atoms with van der Waals surface area (Å²) in [6.07, 6.45) is 6.21. The molecule has 19 heavy (non-hydrogen) atoms. The van der Waals surface area contributed by atoms with E-state index in [1.807, 2.05) is 4.90 Å². The van der Waals surface area contributed by atoms with Crippen molar-refractivity contribution < 1.29 is 4.79 Å². The van der Waals surface area contributed by atoms with Gasteiger partial charge in [0.05, 0.1) is 6.54 Å². The van der Waals surface area contributed by atoms with Gasteiger partial charge in [0.15, 0.2) is 0 Å². The lowest BCUT2D eigenvalue weighted by Gasteiger charge is -2.21. The molecule has 2 aliphatic rings. The van der Waals surface area contributed by atoms with Crippen LogP contribution in [0.5, 0.6) is 0 Å². The molecule has 2 heterocycles. The third kappa shape index (κ3) is 4.77. The second kappa shape index (κ2) is 7.85. The Balaban J connectivity index is 1.61. The van der Waals surface area contributed by atoms with Crippen molar-refractivity contribution in [2.75, 3.05) is 45.8 Å². The Morgan fingerprint density at radius 1 is 1.16 bits per heavy atom. The molecule has 0 aromatic rings. The van der Waals surface area contributed by atoms with Crippen molar-refractivity contribution in [3.05, 3.63) is 0 Å². The van der Waals surface area contributed by atoms with Crippen molar-refractivity contribution >= 4 is 5.91 Å². The Hall–Kier alpha value is -0.610. The molecular weight excluding hydrogens is 238 g/mol. The van der Waals surface area contributed by atoms with Crippen LogP contribution >= 0.6 is 0 Å². The quantitative estimate of drug-likeness (QED) is 0.816. The molecule has 2 rings (SSSR count). The first-order chi connectivity index (χ1) is 9.29. The molecule has 2 aliphatic heterocycles. The van der Waals surface area contributed by atoms with Gasteiger partial charge in [0, 0.05) is 19.6 Å². The van der Waals surface area contributed by atoms with Gasteiger partial charge in [0.1, 0.15) is 0 Å². The number of carbonyl (C=O) groups is 1. The predicted molar refractivity (Wildman–Crippen MR) is 78.1 cm³/mol. The fraction of sp³-hybridized carbons (Fsp3) is 0.933. The highest BCUT2D eigenvalue weighted by Gasteiger charge is 2.21. The summed E-state index contributed by atoms with van der Waals surface area (Å²) in [5, 5.41) is 3.37. The average Bonchev–Trinajstić information content (AvgIpc) is 2.71. The molecule has 0 aromatic carbocycles. The number of carbonyl (C=O) groups excluding carboxylic acids is 1. The minimum absolute atomic E-state index is 0.298. The average molecular weight is 267 g/mol. The summed E-state index contributed by atoms with van der Waals surface area (Å²) < 4.78 is 0. The highest BCUT2D eigenvalue weighted by atomic mass is 16.2. The Kier molecular flexibility index (Phi) is 6.11. The molecule has 0 bridgehead atoms. The summed E-state index contributed by atoms with van der Waals surface area (Å²) in [7, 11) is 0. The van der Waals surface area contributed by atoms with Crippen molar-refractivity contribution in [3.63, 3.8) is 0 Å². The highest BCUT2D eigenvalue weighted by Crippen LogP contribution is 2.14. The molecule has 0 spiro atoms. The summed E-state index contributed by atoms with van der Waals surface area (Å²) in [5.74, 6) is 1.03. The molecule has 1 N–H and O–H groups in total. The van der Waals surface area contributed by atoms with E-state index >= 15 is 0 Å². The maximum absolute atomic E-state index is 12.1. The highest BCUT2D eigenvalue weighted by molar-refractivity contribution is 5.78. The van der Waals surface area contributed by atoms with Gasteiger partial charge in [-0.1, -0.05) is 19.8 Å². The molecule has 2 saturated heterocycles. The number of hydrogen-bond acceptors (Lipinski definition) is 3. The largest absolute Gasteiger partial charge is 0.342 e. The second-order valence-corrected chi connectivity index (χ2v) is 5.97. The number of nitrogens with one attached hydrogen (secondary N) is 1. The molecule has 1 atom stereocenters.